The van der Waals surface area contributed by atoms with Gasteiger partial charge < -0.3 is 10.1 Å². The Kier molecular flexibility index (Phi) is 2.48. The van der Waals surface area contributed by atoms with Gasteiger partial charge in [-0.25, -0.2) is 4.99 Å². The summed E-state index contributed by atoms with van der Waals surface area (Å²) in [7, 11) is 0. The number of rotatable bonds is 1. The van der Waals surface area contributed by atoms with Crippen LogP contribution < -0.4 is 5.32 Å². The summed E-state index contributed by atoms with van der Waals surface area (Å²) in [4.78, 5) is 8.73. The fourth-order valence-corrected chi connectivity index (χ4v) is 2.32. The average Bonchev–Trinajstić information content (AvgIpc) is 2.82. The molecule has 3 rings (SSSR count). The molecule has 0 saturated carbocycles. The molecule has 0 amide bonds. The zero-order valence-electron chi connectivity index (χ0n) is 9.15. The van der Waals surface area contributed by atoms with Crippen LogP contribution in [0.15, 0.2) is 23.3 Å². The van der Waals surface area contributed by atoms with E-state index in [0.717, 1.165) is 25.1 Å². The highest BCUT2D eigenvalue weighted by Crippen LogP contribution is 2.27. The average molecular weight is 217 g/mol. The highest BCUT2D eigenvalue weighted by Gasteiger charge is 2.23. The van der Waals surface area contributed by atoms with Gasteiger partial charge in [-0.15, -0.1) is 0 Å². The zero-order chi connectivity index (χ0) is 10.8. The molecule has 1 atom stereocenters. The number of fused-ring (bicyclic) bond motifs is 1. The molecule has 1 aliphatic carbocycles. The molecular weight excluding hydrogens is 202 g/mol. The van der Waals surface area contributed by atoms with Crippen LogP contribution in [-0.4, -0.2) is 24.2 Å². The lowest BCUT2D eigenvalue weighted by molar-refractivity contribution is 0.320. The minimum Gasteiger partial charge on any atom is -0.463 e. The number of nitrogens with zero attached hydrogens (tertiary/aromatic N) is 2. The second kappa shape index (κ2) is 4.12. The van der Waals surface area contributed by atoms with Crippen molar-refractivity contribution >= 4 is 6.02 Å². The van der Waals surface area contributed by atoms with Crippen molar-refractivity contribution in [2.75, 3.05) is 13.2 Å². The van der Waals surface area contributed by atoms with Crippen molar-refractivity contribution in [3.05, 3.63) is 29.6 Å². The molecule has 0 aromatic carbocycles. The number of hydrogen-bond acceptors (Lipinski definition) is 4. The maximum Gasteiger partial charge on any atom is 0.285 e. The number of aryl methyl sites for hydroxylation is 1. The maximum atomic E-state index is 5.38. The molecule has 2 aliphatic rings. The minimum atomic E-state index is 0.266. The van der Waals surface area contributed by atoms with Gasteiger partial charge in [0.05, 0.1) is 18.3 Å². The van der Waals surface area contributed by atoms with Crippen LogP contribution >= 0.6 is 0 Å². The van der Waals surface area contributed by atoms with E-state index in [1.54, 1.807) is 0 Å². The number of hydrogen-bond donors (Lipinski definition) is 1. The topological polar surface area (TPSA) is 46.5 Å². The summed E-state index contributed by atoms with van der Waals surface area (Å²) >= 11 is 0. The van der Waals surface area contributed by atoms with E-state index in [2.05, 4.69) is 21.4 Å². The van der Waals surface area contributed by atoms with Gasteiger partial charge >= 0.3 is 0 Å². The van der Waals surface area contributed by atoms with E-state index in [1.807, 2.05) is 12.3 Å². The van der Waals surface area contributed by atoms with Crippen molar-refractivity contribution in [2.45, 2.75) is 25.3 Å². The Hall–Kier alpha value is -1.58. The number of ether oxygens (including phenoxy) is 1. The van der Waals surface area contributed by atoms with Crippen LogP contribution in [-0.2, 0) is 11.2 Å². The predicted molar refractivity (Wildman–Crippen MR) is 61.3 cm³/mol. The fraction of sp³-hybridized carbons (Fsp3) is 0.500. The van der Waals surface area contributed by atoms with Gasteiger partial charge in [-0.3, -0.25) is 4.98 Å². The summed E-state index contributed by atoms with van der Waals surface area (Å²) < 4.78 is 5.38. The van der Waals surface area contributed by atoms with Crippen LogP contribution in [0.25, 0.3) is 0 Å². The predicted octanol–water partition coefficient (Wildman–Crippen LogP) is 1.43. The fourth-order valence-electron chi connectivity index (χ4n) is 2.32. The molecule has 1 aromatic heterocycles. The van der Waals surface area contributed by atoms with E-state index in [0.29, 0.717) is 12.6 Å². The van der Waals surface area contributed by atoms with Gasteiger partial charge in [0.1, 0.15) is 6.61 Å². The lowest BCUT2D eigenvalue weighted by Crippen LogP contribution is -2.31. The SMILES string of the molecule is c1cnc2c(c1)CCC[C@H]2NC1=NCCO1. The van der Waals surface area contributed by atoms with E-state index in [9.17, 15) is 0 Å². The van der Waals surface area contributed by atoms with E-state index in [4.69, 9.17) is 4.74 Å². The Morgan fingerprint density at radius 1 is 1.44 bits per heavy atom. The Morgan fingerprint density at radius 3 is 3.31 bits per heavy atom. The van der Waals surface area contributed by atoms with Crippen molar-refractivity contribution in [2.24, 2.45) is 4.99 Å². The molecular formula is C12H15N3O. The first kappa shape index (κ1) is 9.63. The smallest absolute Gasteiger partial charge is 0.285 e. The molecule has 4 nitrogen and oxygen atoms in total. The normalized spacial score (nSPS) is 23.2. The van der Waals surface area contributed by atoms with Gasteiger partial charge in [0.15, 0.2) is 0 Å². The lowest BCUT2D eigenvalue weighted by Gasteiger charge is -2.25. The first-order valence-corrected chi connectivity index (χ1v) is 5.81. The summed E-state index contributed by atoms with van der Waals surface area (Å²) in [6, 6.07) is 5.11. The van der Waals surface area contributed by atoms with Crippen LogP contribution in [0.2, 0.25) is 0 Å². The summed E-state index contributed by atoms with van der Waals surface area (Å²) in [6.07, 6.45) is 5.29. The first-order chi connectivity index (χ1) is 7.93. The molecule has 2 heterocycles. The third-order valence-corrected chi connectivity index (χ3v) is 3.08. The van der Waals surface area contributed by atoms with Crippen molar-refractivity contribution in [3.8, 4) is 0 Å². The molecule has 0 radical (unpaired) electrons. The van der Waals surface area contributed by atoms with Crippen LogP contribution in [0.5, 0.6) is 0 Å². The van der Waals surface area contributed by atoms with E-state index in [-0.39, 0.29) is 6.04 Å². The second-order valence-corrected chi connectivity index (χ2v) is 4.17. The molecule has 0 spiro atoms. The number of pyridine rings is 1. The molecule has 16 heavy (non-hydrogen) atoms. The second-order valence-electron chi connectivity index (χ2n) is 4.17. The Labute approximate surface area is 94.8 Å². The van der Waals surface area contributed by atoms with Crippen LogP contribution in [0.3, 0.4) is 0 Å². The van der Waals surface area contributed by atoms with Crippen molar-refractivity contribution < 1.29 is 4.74 Å². The summed E-state index contributed by atoms with van der Waals surface area (Å²) in [5.41, 5.74) is 2.51. The molecule has 84 valence electrons. The highest BCUT2D eigenvalue weighted by molar-refractivity contribution is 5.75. The number of aromatic nitrogens is 1. The summed E-state index contributed by atoms with van der Waals surface area (Å²) in [5.74, 6) is 0. The molecule has 4 heteroatoms. The third kappa shape index (κ3) is 1.75. The highest BCUT2D eigenvalue weighted by atomic mass is 16.5. The van der Waals surface area contributed by atoms with Gasteiger partial charge in [-0.05, 0) is 30.9 Å². The number of amidine groups is 1. The molecule has 0 saturated heterocycles. The van der Waals surface area contributed by atoms with Crippen molar-refractivity contribution in [1.29, 1.82) is 0 Å². The largest absolute Gasteiger partial charge is 0.463 e. The maximum absolute atomic E-state index is 5.38. The van der Waals surface area contributed by atoms with Gasteiger partial charge in [0.25, 0.3) is 6.02 Å². The first-order valence-electron chi connectivity index (χ1n) is 5.81. The summed E-state index contributed by atoms with van der Waals surface area (Å²) in [5, 5.41) is 3.34. The zero-order valence-corrected chi connectivity index (χ0v) is 9.15. The van der Waals surface area contributed by atoms with E-state index in [1.165, 1.54) is 12.0 Å². The molecule has 0 unspecified atom stereocenters. The van der Waals surface area contributed by atoms with Gasteiger partial charge in [-0.2, -0.15) is 0 Å². The third-order valence-electron chi connectivity index (χ3n) is 3.08. The Morgan fingerprint density at radius 2 is 2.44 bits per heavy atom. The molecule has 1 aliphatic heterocycles. The Bertz CT molecular complexity index is 416. The van der Waals surface area contributed by atoms with Gasteiger partial charge in [-0.1, -0.05) is 6.07 Å². The molecule has 1 aromatic rings. The van der Waals surface area contributed by atoms with Crippen molar-refractivity contribution in [1.82, 2.24) is 10.3 Å². The minimum absolute atomic E-state index is 0.266. The van der Waals surface area contributed by atoms with Gasteiger partial charge in [0, 0.05) is 6.20 Å². The number of nitrogens with one attached hydrogen (secondary N) is 1. The lowest BCUT2D eigenvalue weighted by atomic mass is 9.92. The van der Waals surface area contributed by atoms with Gasteiger partial charge in [0.2, 0.25) is 0 Å². The van der Waals surface area contributed by atoms with E-state index < -0.39 is 0 Å². The number of aliphatic imine (C=N–C) groups is 1. The molecule has 0 fully saturated rings. The van der Waals surface area contributed by atoms with Crippen molar-refractivity contribution in [3.63, 3.8) is 0 Å². The standard InChI is InChI=1S/C12H15N3O/c1-3-9-4-2-6-13-11(9)10(5-1)15-12-14-7-8-16-12/h2,4,6,10H,1,3,5,7-8H2,(H,14,15)/t10-/m1/s1. The van der Waals surface area contributed by atoms with Crippen LogP contribution in [0, 0.1) is 0 Å². The van der Waals surface area contributed by atoms with E-state index >= 15 is 0 Å². The van der Waals surface area contributed by atoms with Crippen LogP contribution in [0.4, 0.5) is 0 Å². The molecule has 1 N–H and O–H groups in total. The monoisotopic (exact) mass is 217 g/mol. The van der Waals surface area contributed by atoms with Crippen LogP contribution in [0.1, 0.15) is 30.1 Å². The Balaban J connectivity index is 1.81. The summed E-state index contributed by atoms with van der Waals surface area (Å²) in [6.45, 7) is 1.47. The molecule has 0 bridgehead atoms. The quantitative estimate of drug-likeness (QED) is 0.774.